The predicted molar refractivity (Wildman–Crippen MR) is 148 cm³/mol. The van der Waals surface area contributed by atoms with Gasteiger partial charge in [-0.15, -0.1) is 0 Å². The first-order chi connectivity index (χ1) is 19.7. The molecule has 4 rings (SSSR count). The highest BCUT2D eigenvalue weighted by Gasteiger charge is 2.38. The van der Waals surface area contributed by atoms with Gasteiger partial charge in [0.05, 0.1) is 23.1 Å². The third-order valence-electron chi connectivity index (χ3n) is 6.73. The van der Waals surface area contributed by atoms with E-state index in [2.05, 4.69) is 19.7 Å². The van der Waals surface area contributed by atoms with Gasteiger partial charge in [-0.3, -0.25) is 9.69 Å². The Morgan fingerprint density at radius 2 is 1.69 bits per heavy atom. The summed E-state index contributed by atoms with van der Waals surface area (Å²) < 4.78 is 90.2. The molecule has 2 aliphatic heterocycles. The van der Waals surface area contributed by atoms with Crippen molar-refractivity contribution >= 4 is 28.9 Å². The van der Waals surface area contributed by atoms with Crippen LogP contribution in [0.5, 0.6) is 11.5 Å². The SMILES string of the molecule is COc1cc(/C=C2/SC(N3CCN(CCN(C)C)CC3)=NC2=O)ccc1OCc1ccc(C(F)(F)F)cc1C(F)(F)F. The van der Waals surface area contributed by atoms with E-state index >= 15 is 0 Å². The Bertz CT molecular complexity index is 1350. The third-order valence-corrected chi connectivity index (χ3v) is 7.77. The van der Waals surface area contributed by atoms with Gasteiger partial charge in [-0.2, -0.15) is 31.3 Å². The molecule has 0 N–H and O–H groups in total. The fourth-order valence-corrected chi connectivity index (χ4v) is 5.34. The fraction of sp³-hybridized carbons (Fsp3) is 0.429. The summed E-state index contributed by atoms with van der Waals surface area (Å²) in [4.78, 5) is 23.8. The molecule has 0 unspecified atom stereocenters. The lowest BCUT2D eigenvalue weighted by Gasteiger charge is -2.35. The van der Waals surface area contributed by atoms with Gasteiger partial charge in [-0.1, -0.05) is 12.1 Å². The van der Waals surface area contributed by atoms with Crippen LogP contribution in [0.25, 0.3) is 6.08 Å². The van der Waals surface area contributed by atoms with Gasteiger partial charge in [-0.05, 0) is 61.8 Å². The Labute approximate surface area is 243 Å². The smallest absolute Gasteiger partial charge is 0.416 e. The minimum Gasteiger partial charge on any atom is -0.493 e. The number of amidine groups is 1. The number of hydrogen-bond acceptors (Lipinski definition) is 7. The number of aliphatic imine (C=N–C) groups is 1. The summed E-state index contributed by atoms with van der Waals surface area (Å²) in [5, 5.41) is 0.641. The topological polar surface area (TPSA) is 57.6 Å². The third kappa shape index (κ3) is 7.98. The van der Waals surface area contributed by atoms with E-state index in [0.29, 0.717) is 21.7 Å². The monoisotopic (exact) mass is 616 g/mol. The summed E-state index contributed by atoms with van der Waals surface area (Å²) in [7, 11) is 5.41. The van der Waals surface area contributed by atoms with Gasteiger partial charge in [-0.25, -0.2) is 0 Å². The zero-order valence-corrected chi connectivity index (χ0v) is 24.0. The summed E-state index contributed by atoms with van der Waals surface area (Å²) in [6.07, 6.45) is -8.29. The van der Waals surface area contributed by atoms with E-state index in [1.165, 1.54) is 24.9 Å². The summed E-state index contributed by atoms with van der Waals surface area (Å²) in [6.45, 7) is 4.56. The number of amides is 1. The minimum atomic E-state index is -5.01. The summed E-state index contributed by atoms with van der Waals surface area (Å²) in [5.74, 6) is -0.108. The van der Waals surface area contributed by atoms with Crippen LogP contribution in [0, 0.1) is 0 Å². The zero-order chi connectivity index (χ0) is 30.7. The number of likely N-dealkylation sites (N-methyl/N-ethyl adjacent to an activating group) is 1. The molecule has 0 radical (unpaired) electrons. The molecule has 1 saturated heterocycles. The number of carbonyl (C=O) groups is 1. The quantitative estimate of drug-likeness (QED) is 0.289. The number of thioether (sulfide) groups is 1. The average molecular weight is 617 g/mol. The Morgan fingerprint density at radius 3 is 2.31 bits per heavy atom. The molecule has 1 amide bonds. The molecule has 0 aliphatic carbocycles. The van der Waals surface area contributed by atoms with Crippen molar-refractivity contribution in [2.75, 3.05) is 60.5 Å². The van der Waals surface area contributed by atoms with Gasteiger partial charge in [0.25, 0.3) is 5.91 Å². The number of hydrogen-bond donors (Lipinski definition) is 0. The first kappa shape index (κ1) is 31.7. The molecule has 14 heteroatoms. The lowest BCUT2D eigenvalue weighted by molar-refractivity contribution is -0.143. The number of methoxy groups -OCH3 is 1. The van der Waals surface area contributed by atoms with Crippen LogP contribution in [0.2, 0.25) is 0 Å². The van der Waals surface area contributed by atoms with Gasteiger partial charge >= 0.3 is 12.4 Å². The second-order valence-corrected chi connectivity index (χ2v) is 11.0. The molecule has 42 heavy (non-hydrogen) atoms. The molecule has 2 heterocycles. The molecule has 2 aliphatic rings. The van der Waals surface area contributed by atoms with E-state index < -0.39 is 35.6 Å². The second-order valence-electron chi connectivity index (χ2n) is 10.0. The molecule has 0 atom stereocenters. The molecule has 0 aromatic heterocycles. The van der Waals surface area contributed by atoms with E-state index in [1.54, 1.807) is 18.2 Å². The van der Waals surface area contributed by atoms with E-state index in [4.69, 9.17) is 9.47 Å². The molecule has 2 aromatic rings. The molecule has 228 valence electrons. The molecular weight excluding hydrogens is 586 g/mol. The number of benzene rings is 2. The van der Waals surface area contributed by atoms with Crippen LogP contribution in [0.4, 0.5) is 26.3 Å². The van der Waals surface area contributed by atoms with Gasteiger partial charge < -0.3 is 19.3 Å². The Balaban J connectivity index is 1.42. The molecule has 0 spiro atoms. The second kappa shape index (κ2) is 13.0. The minimum absolute atomic E-state index is 0.0723. The van der Waals surface area contributed by atoms with Crippen molar-refractivity contribution < 1.29 is 40.6 Å². The maximum absolute atomic E-state index is 13.5. The number of piperazine rings is 1. The standard InChI is InChI=1S/C28H30F6N4O3S/c1-36(2)8-9-37-10-12-38(13-11-37)26-35-25(39)24(42-26)15-18-4-7-22(23(14-18)40-3)41-17-19-5-6-20(27(29,30)31)16-21(19)28(32,33)34/h4-7,14-16H,8-13,17H2,1-3H3/b24-15+. The van der Waals surface area contributed by atoms with Crippen molar-refractivity contribution in [3.05, 3.63) is 63.6 Å². The van der Waals surface area contributed by atoms with Gasteiger partial charge in [0.1, 0.15) is 6.61 Å². The number of rotatable bonds is 8. The van der Waals surface area contributed by atoms with Crippen LogP contribution in [-0.2, 0) is 23.8 Å². The largest absolute Gasteiger partial charge is 0.493 e. The maximum Gasteiger partial charge on any atom is 0.416 e. The zero-order valence-electron chi connectivity index (χ0n) is 23.2. The highest BCUT2D eigenvalue weighted by atomic mass is 32.2. The van der Waals surface area contributed by atoms with E-state index in [9.17, 15) is 31.1 Å². The predicted octanol–water partition coefficient (Wildman–Crippen LogP) is 5.46. The van der Waals surface area contributed by atoms with E-state index in [1.807, 2.05) is 14.1 Å². The molecular formula is C28H30F6N4O3S. The van der Waals surface area contributed by atoms with E-state index in [0.717, 1.165) is 45.3 Å². The normalized spacial score (nSPS) is 17.8. The van der Waals surface area contributed by atoms with Crippen LogP contribution in [0.1, 0.15) is 22.3 Å². The Kier molecular flexibility index (Phi) is 9.78. The van der Waals surface area contributed by atoms with Crippen LogP contribution < -0.4 is 9.47 Å². The van der Waals surface area contributed by atoms with Crippen molar-refractivity contribution in [2.45, 2.75) is 19.0 Å². The fourth-order valence-electron chi connectivity index (χ4n) is 4.38. The summed E-state index contributed by atoms with van der Waals surface area (Å²) in [6, 6.07) is 6.01. The summed E-state index contributed by atoms with van der Waals surface area (Å²) in [5.41, 5.74) is -2.71. The van der Waals surface area contributed by atoms with Crippen molar-refractivity contribution in [1.29, 1.82) is 0 Å². The molecule has 2 aromatic carbocycles. The number of carbonyl (C=O) groups excluding carboxylic acids is 1. The maximum atomic E-state index is 13.5. The molecule has 0 saturated carbocycles. The number of nitrogens with zero attached hydrogens (tertiary/aromatic N) is 4. The Morgan fingerprint density at radius 1 is 0.976 bits per heavy atom. The first-order valence-electron chi connectivity index (χ1n) is 13.0. The van der Waals surface area contributed by atoms with Crippen molar-refractivity contribution in [3.8, 4) is 11.5 Å². The summed E-state index contributed by atoms with van der Waals surface area (Å²) >= 11 is 1.27. The van der Waals surface area contributed by atoms with Crippen LogP contribution in [0.15, 0.2) is 46.3 Å². The van der Waals surface area contributed by atoms with Crippen molar-refractivity contribution in [2.24, 2.45) is 4.99 Å². The van der Waals surface area contributed by atoms with E-state index in [-0.39, 0.29) is 23.5 Å². The van der Waals surface area contributed by atoms with Crippen molar-refractivity contribution in [3.63, 3.8) is 0 Å². The highest BCUT2D eigenvalue weighted by Crippen LogP contribution is 2.39. The van der Waals surface area contributed by atoms with Gasteiger partial charge in [0.2, 0.25) is 0 Å². The lowest BCUT2D eigenvalue weighted by Crippen LogP contribution is -2.49. The lowest BCUT2D eigenvalue weighted by atomic mass is 10.0. The van der Waals surface area contributed by atoms with Crippen LogP contribution in [-0.4, -0.2) is 86.2 Å². The Hall–Kier alpha value is -3.23. The van der Waals surface area contributed by atoms with Crippen LogP contribution >= 0.6 is 11.8 Å². The van der Waals surface area contributed by atoms with Crippen molar-refractivity contribution in [1.82, 2.24) is 14.7 Å². The number of halogens is 6. The first-order valence-corrected chi connectivity index (χ1v) is 13.8. The average Bonchev–Trinajstić information content (AvgIpc) is 3.29. The number of ether oxygens (including phenoxy) is 2. The molecule has 0 bridgehead atoms. The number of alkyl halides is 6. The van der Waals surface area contributed by atoms with Crippen LogP contribution in [0.3, 0.4) is 0 Å². The van der Waals surface area contributed by atoms with Gasteiger partial charge in [0.15, 0.2) is 16.7 Å². The highest BCUT2D eigenvalue weighted by molar-refractivity contribution is 8.18. The molecule has 7 nitrogen and oxygen atoms in total. The van der Waals surface area contributed by atoms with Gasteiger partial charge in [0, 0.05) is 44.8 Å². The molecule has 1 fully saturated rings.